The normalized spacial score (nSPS) is 18.2. The van der Waals surface area contributed by atoms with Crippen molar-refractivity contribution >= 4 is 5.91 Å². The van der Waals surface area contributed by atoms with E-state index in [1.54, 1.807) is 18.6 Å². The first-order valence-electron chi connectivity index (χ1n) is 7.92. The molecule has 0 unspecified atom stereocenters. The Morgan fingerprint density at radius 3 is 2.86 bits per heavy atom. The molecule has 1 amide bonds. The molecule has 1 fully saturated rings. The van der Waals surface area contributed by atoms with E-state index in [-0.39, 0.29) is 5.91 Å². The number of carbonyl (C=O) groups is 1. The predicted octanol–water partition coefficient (Wildman–Crippen LogP) is 2.96. The van der Waals surface area contributed by atoms with Crippen molar-refractivity contribution in [1.82, 2.24) is 14.9 Å². The Kier molecular flexibility index (Phi) is 4.78. The summed E-state index contributed by atoms with van der Waals surface area (Å²) >= 11 is 0. The van der Waals surface area contributed by atoms with Crippen molar-refractivity contribution in [3.63, 3.8) is 0 Å². The summed E-state index contributed by atoms with van der Waals surface area (Å²) in [6.07, 6.45) is 9.21. The van der Waals surface area contributed by atoms with E-state index in [0.29, 0.717) is 11.6 Å². The van der Waals surface area contributed by atoms with Crippen molar-refractivity contribution in [1.29, 1.82) is 0 Å². The molecule has 0 radical (unpaired) electrons. The zero-order chi connectivity index (χ0) is 15.2. The van der Waals surface area contributed by atoms with Gasteiger partial charge in [-0.1, -0.05) is 30.3 Å². The Morgan fingerprint density at radius 2 is 2.09 bits per heavy atom. The number of aryl methyl sites for hydroxylation is 1. The maximum atomic E-state index is 12.4. The topological polar surface area (TPSA) is 46.1 Å². The van der Waals surface area contributed by atoms with Gasteiger partial charge in [0.05, 0.1) is 6.20 Å². The van der Waals surface area contributed by atoms with E-state index < -0.39 is 0 Å². The molecule has 2 heterocycles. The second-order valence-electron chi connectivity index (χ2n) is 5.87. The van der Waals surface area contributed by atoms with Crippen molar-refractivity contribution in [3.8, 4) is 0 Å². The fourth-order valence-electron chi connectivity index (χ4n) is 3.07. The summed E-state index contributed by atoms with van der Waals surface area (Å²) in [5.74, 6) is 0.590. The summed E-state index contributed by atoms with van der Waals surface area (Å²) in [5, 5.41) is 0. The van der Waals surface area contributed by atoms with Gasteiger partial charge >= 0.3 is 0 Å². The molecule has 114 valence electrons. The Morgan fingerprint density at radius 1 is 1.23 bits per heavy atom. The molecule has 0 aliphatic carbocycles. The largest absolute Gasteiger partial charge is 0.337 e. The molecule has 22 heavy (non-hydrogen) atoms. The minimum Gasteiger partial charge on any atom is -0.337 e. The van der Waals surface area contributed by atoms with Crippen LogP contribution >= 0.6 is 0 Å². The molecule has 1 saturated heterocycles. The average Bonchev–Trinajstić information content (AvgIpc) is 2.61. The quantitative estimate of drug-likeness (QED) is 0.871. The van der Waals surface area contributed by atoms with Crippen LogP contribution in [0.2, 0.25) is 0 Å². The lowest BCUT2D eigenvalue weighted by atomic mass is 9.91. The second-order valence-corrected chi connectivity index (χ2v) is 5.87. The number of piperidine rings is 1. The van der Waals surface area contributed by atoms with E-state index >= 15 is 0 Å². The highest BCUT2D eigenvalue weighted by Gasteiger charge is 2.25. The first-order chi connectivity index (χ1) is 10.8. The molecule has 1 aliphatic heterocycles. The molecule has 1 aromatic carbocycles. The van der Waals surface area contributed by atoms with Crippen molar-refractivity contribution in [3.05, 3.63) is 60.2 Å². The van der Waals surface area contributed by atoms with Gasteiger partial charge in [0, 0.05) is 25.5 Å². The maximum absolute atomic E-state index is 12.4. The molecule has 4 heteroatoms. The van der Waals surface area contributed by atoms with Gasteiger partial charge < -0.3 is 4.90 Å². The number of rotatable bonds is 4. The molecule has 1 aromatic heterocycles. The SMILES string of the molecule is O=C(c1cnccn1)N1CCC[C@@H](CCc2ccccc2)C1. The van der Waals surface area contributed by atoms with Gasteiger partial charge in [0.2, 0.25) is 0 Å². The number of likely N-dealkylation sites (tertiary alicyclic amines) is 1. The van der Waals surface area contributed by atoms with Crippen LogP contribution in [0.25, 0.3) is 0 Å². The highest BCUT2D eigenvalue weighted by atomic mass is 16.2. The van der Waals surface area contributed by atoms with E-state index in [1.165, 1.54) is 12.0 Å². The number of hydrogen-bond acceptors (Lipinski definition) is 3. The highest BCUT2D eigenvalue weighted by Crippen LogP contribution is 2.22. The van der Waals surface area contributed by atoms with Crippen molar-refractivity contribution < 1.29 is 4.79 Å². The highest BCUT2D eigenvalue weighted by molar-refractivity contribution is 5.92. The molecular formula is C18H21N3O. The monoisotopic (exact) mass is 295 g/mol. The van der Waals surface area contributed by atoms with Crippen LogP contribution in [0.1, 0.15) is 35.3 Å². The van der Waals surface area contributed by atoms with Gasteiger partial charge in [-0.25, -0.2) is 4.98 Å². The van der Waals surface area contributed by atoms with E-state index in [1.807, 2.05) is 11.0 Å². The Bertz CT molecular complexity index is 600. The van der Waals surface area contributed by atoms with Gasteiger partial charge in [-0.3, -0.25) is 9.78 Å². The number of benzene rings is 1. The van der Waals surface area contributed by atoms with Crippen molar-refractivity contribution in [2.45, 2.75) is 25.7 Å². The van der Waals surface area contributed by atoms with Crippen molar-refractivity contribution in [2.75, 3.05) is 13.1 Å². The number of carbonyl (C=O) groups excluding carboxylic acids is 1. The number of amides is 1. The number of aromatic nitrogens is 2. The van der Waals surface area contributed by atoms with E-state index in [4.69, 9.17) is 0 Å². The molecule has 0 bridgehead atoms. The molecule has 0 saturated carbocycles. The Labute approximate surface area is 131 Å². The molecule has 1 atom stereocenters. The minimum atomic E-state index is 0.0116. The predicted molar refractivity (Wildman–Crippen MR) is 85.4 cm³/mol. The van der Waals surface area contributed by atoms with Gasteiger partial charge in [0.25, 0.3) is 5.91 Å². The summed E-state index contributed by atoms with van der Waals surface area (Å²) < 4.78 is 0. The van der Waals surface area contributed by atoms with Crippen LogP contribution in [-0.2, 0) is 6.42 Å². The number of hydrogen-bond donors (Lipinski definition) is 0. The van der Waals surface area contributed by atoms with Crippen LogP contribution in [0.5, 0.6) is 0 Å². The van der Waals surface area contributed by atoms with E-state index in [9.17, 15) is 4.79 Å². The van der Waals surface area contributed by atoms with Gasteiger partial charge in [-0.2, -0.15) is 0 Å². The lowest BCUT2D eigenvalue weighted by Gasteiger charge is -2.32. The molecule has 3 rings (SSSR count). The summed E-state index contributed by atoms with van der Waals surface area (Å²) in [6, 6.07) is 10.6. The molecular weight excluding hydrogens is 274 g/mol. The van der Waals surface area contributed by atoms with Gasteiger partial charge in [-0.05, 0) is 37.2 Å². The Hall–Kier alpha value is -2.23. The van der Waals surface area contributed by atoms with E-state index in [2.05, 4.69) is 34.2 Å². The third-order valence-corrected chi connectivity index (χ3v) is 4.27. The zero-order valence-corrected chi connectivity index (χ0v) is 12.7. The fraction of sp³-hybridized carbons (Fsp3) is 0.389. The summed E-state index contributed by atoms with van der Waals surface area (Å²) in [4.78, 5) is 22.5. The molecule has 2 aromatic rings. The molecule has 1 aliphatic rings. The molecule has 4 nitrogen and oxygen atoms in total. The summed E-state index contributed by atoms with van der Waals surface area (Å²) in [6.45, 7) is 1.67. The van der Waals surface area contributed by atoms with Gasteiger partial charge in [0.15, 0.2) is 0 Å². The standard InChI is InChI=1S/C18H21N3O/c22-18(17-13-19-10-11-20-17)21-12-4-7-16(14-21)9-8-15-5-2-1-3-6-15/h1-3,5-6,10-11,13,16H,4,7-9,12,14H2/t16-/m0/s1. The maximum Gasteiger partial charge on any atom is 0.274 e. The summed E-state index contributed by atoms with van der Waals surface area (Å²) in [5.41, 5.74) is 1.83. The number of nitrogens with zero attached hydrogens (tertiary/aromatic N) is 3. The summed E-state index contributed by atoms with van der Waals surface area (Å²) in [7, 11) is 0. The van der Waals surface area contributed by atoms with Crippen LogP contribution in [0.15, 0.2) is 48.9 Å². The third-order valence-electron chi connectivity index (χ3n) is 4.27. The van der Waals surface area contributed by atoms with Gasteiger partial charge in [-0.15, -0.1) is 0 Å². The minimum absolute atomic E-state index is 0.0116. The fourth-order valence-corrected chi connectivity index (χ4v) is 3.07. The van der Waals surface area contributed by atoms with Crippen LogP contribution in [0, 0.1) is 5.92 Å². The molecule has 0 N–H and O–H groups in total. The average molecular weight is 295 g/mol. The first kappa shape index (κ1) is 14.7. The van der Waals surface area contributed by atoms with Crippen LogP contribution in [0.4, 0.5) is 0 Å². The second kappa shape index (κ2) is 7.16. The first-order valence-corrected chi connectivity index (χ1v) is 7.92. The zero-order valence-electron chi connectivity index (χ0n) is 12.7. The molecule has 0 spiro atoms. The lowest BCUT2D eigenvalue weighted by molar-refractivity contribution is 0.0662. The van der Waals surface area contributed by atoms with Crippen molar-refractivity contribution in [2.24, 2.45) is 5.92 Å². The van der Waals surface area contributed by atoms with E-state index in [0.717, 1.165) is 32.4 Å². The van der Waals surface area contributed by atoms with Crippen LogP contribution in [-0.4, -0.2) is 33.9 Å². The van der Waals surface area contributed by atoms with Crippen LogP contribution in [0.3, 0.4) is 0 Å². The lowest BCUT2D eigenvalue weighted by Crippen LogP contribution is -2.40. The Balaban J connectivity index is 1.56. The van der Waals surface area contributed by atoms with Crippen LogP contribution < -0.4 is 0 Å². The van der Waals surface area contributed by atoms with Gasteiger partial charge in [0.1, 0.15) is 5.69 Å². The third kappa shape index (κ3) is 3.70. The smallest absolute Gasteiger partial charge is 0.274 e.